The van der Waals surface area contributed by atoms with Crippen LogP contribution in [0.15, 0.2) is 36.4 Å². The van der Waals surface area contributed by atoms with E-state index in [1.807, 2.05) is 36.6 Å². The molecule has 0 heterocycles. The van der Waals surface area contributed by atoms with E-state index in [1.54, 1.807) is 0 Å². The summed E-state index contributed by atoms with van der Waals surface area (Å²) in [5, 5.41) is 2.19. The van der Waals surface area contributed by atoms with Gasteiger partial charge in [0.2, 0.25) is 6.29 Å². The van der Waals surface area contributed by atoms with Crippen molar-refractivity contribution in [1.29, 1.82) is 0 Å². The highest BCUT2D eigenvalue weighted by Gasteiger charge is 2.04. The third-order valence-electron chi connectivity index (χ3n) is 2.64. The lowest BCUT2D eigenvalue weighted by Crippen LogP contribution is -1.90. The van der Waals surface area contributed by atoms with E-state index in [0.717, 1.165) is 18.2 Å². The van der Waals surface area contributed by atoms with E-state index >= 15 is 0 Å². The maximum atomic E-state index is 10.8. The van der Waals surface area contributed by atoms with Gasteiger partial charge in [0, 0.05) is 5.56 Å². The summed E-state index contributed by atoms with van der Waals surface area (Å²) in [6.45, 7) is 2.16. The minimum absolute atomic E-state index is 0.658. The number of carbonyl (C=O) groups excluding carboxylic acids is 1. The van der Waals surface area contributed by atoms with Crippen LogP contribution in [0.5, 0.6) is 0 Å². The highest BCUT2D eigenvalue weighted by atomic mass is 16.1. The lowest BCUT2D eigenvalue weighted by Gasteiger charge is -2.06. The highest BCUT2D eigenvalue weighted by molar-refractivity contribution is 5.99. The van der Waals surface area contributed by atoms with E-state index < -0.39 is 0 Å². The summed E-state index contributed by atoms with van der Waals surface area (Å²) in [7, 11) is 0. The van der Waals surface area contributed by atoms with Crippen molar-refractivity contribution in [1.82, 2.24) is 0 Å². The topological polar surface area (TPSA) is 17.1 Å². The molecule has 2 aromatic carbocycles. The lowest BCUT2D eigenvalue weighted by atomic mass is 9.98. The SMILES string of the molecule is CCCc1ccc([C]=O)c2ccccc12. The number of rotatable bonds is 3. The van der Waals surface area contributed by atoms with Crippen molar-refractivity contribution in [3.63, 3.8) is 0 Å². The molecule has 0 bridgehead atoms. The van der Waals surface area contributed by atoms with Gasteiger partial charge in [-0.1, -0.05) is 43.7 Å². The zero-order valence-corrected chi connectivity index (χ0v) is 8.79. The monoisotopic (exact) mass is 197 g/mol. The van der Waals surface area contributed by atoms with Crippen molar-refractivity contribution in [2.24, 2.45) is 0 Å². The van der Waals surface area contributed by atoms with Crippen LogP contribution in [0.3, 0.4) is 0 Å². The smallest absolute Gasteiger partial charge is 0.234 e. The summed E-state index contributed by atoms with van der Waals surface area (Å²) in [4.78, 5) is 10.8. The molecular formula is C14H13O. The first kappa shape index (κ1) is 9.91. The Morgan fingerprint density at radius 3 is 2.47 bits per heavy atom. The molecule has 0 fully saturated rings. The molecule has 0 aliphatic carbocycles. The van der Waals surface area contributed by atoms with Gasteiger partial charge >= 0.3 is 0 Å². The first-order chi connectivity index (χ1) is 7.36. The molecule has 15 heavy (non-hydrogen) atoms. The van der Waals surface area contributed by atoms with Gasteiger partial charge in [-0.05, 0) is 28.8 Å². The van der Waals surface area contributed by atoms with Crippen LogP contribution < -0.4 is 0 Å². The summed E-state index contributed by atoms with van der Waals surface area (Å²) >= 11 is 0. The standard InChI is InChI=1S/C14H13O/c1-2-5-11-8-9-12(10-15)14-7-4-3-6-13(11)14/h3-4,6-9H,2,5H2,1H3. The van der Waals surface area contributed by atoms with Crippen LogP contribution in [-0.2, 0) is 11.2 Å². The second-order valence-electron chi connectivity index (χ2n) is 3.67. The van der Waals surface area contributed by atoms with Gasteiger partial charge in [0.25, 0.3) is 0 Å². The Kier molecular flexibility index (Phi) is 2.82. The Bertz CT molecular complexity index is 486. The van der Waals surface area contributed by atoms with Gasteiger partial charge in [0.15, 0.2) is 0 Å². The van der Waals surface area contributed by atoms with Crippen molar-refractivity contribution in [2.75, 3.05) is 0 Å². The van der Waals surface area contributed by atoms with E-state index in [0.29, 0.717) is 5.56 Å². The third-order valence-corrected chi connectivity index (χ3v) is 2.64. The molecule has 2 aromatic rings. The van der Waals surface area contributed by atoms with Gasteiger partial charge in [0.1, 0.15) is 0 Å². The Hall–Kier alpha value is -1.63. The first-order valence-corrected chi connectivity index (χ1v) is 5.25. The Balaban J connectivity index is 2.71. The van der Waals surface area contributed by atoms with E-state index in [1.165, 1.54) is 10.9 Å². The zero-order chi connectivity index (χ0) is 10.7. The summed E-state index contributed by atoms with van der Waals surface area (Å²) in [6.07, 6.45) is 4.16. The molecular weight excluding hydrogens is 184 g/mol. The maximum absolute atomic E-state index is 10.8. The molecule has 0 unspecified atom stereocenters. The van der Waals surface area contributed by atoms with Crippen LogP contribution in [0.25, 0.3) is 10.8 Å². The van der Waals surface area contributed by atoms with Crippen molar-refractivity contribution in [2.45, 2.75) is 19.8 Å². The van der Waals surface area contributed by atoms with Crippen LogP contribution in [0.1, 0.15) is 24.5 Å². The number of benzene rings is 2. The van der Waals surface area contributed by atoms with Crippen molar-refractivity contribution in [3.8, 4) is 0 Å². The molecule has 0 aliphatic rings. The predicted molar refractivity (Wildman–Crippen MR) is 62.7 cm³/mol. The zero-order valence-electron chi connectivity index (χ0n) is 8.79. The van der Waals surface area contributed by atoms with Crippen molar-refractivity contribution in [3.05, 3.63) is 47.5 Å². The lowest BCUT2D eigenvalue weighted by molar-refractivity contribution is 0.563. The largest absolute Gasteiger partial charge is 0.285 e. The van der Waals surface area contributed by atoms with Gasteiger partial charge in [-0.15, -0.1) is 0 Å². The second-order valence-corrected chi connectivity index (χ2v) is 3.67. The summed E-state index contributed by atoms with van der Waals surface area (Å²) in [6, 6.07) is 11.9. The average molecular weight is 197 g/mol. The summed E-state index contributed by atoms with van der Waals surface area (Å²) in [5.74, 6) is 0. The van der Waals surface area contributed by atoms with Gasteiger partial charge in [-0.2, -0.15) is 0 Å². The fourth-order valence-electron chi connectivity index (χ4n) is 1.94. The molecule has 0 N–H and O–H groups in total. The maximum Gasteiger partial charge on any atom is 0.234 e. The fourth-order valence-corrected chi connectivity index (χ4v) is 1.94. The molecule has 0 aliphatic heterocycles. The number of hydrogen-bond donors (Lipinski definition) is 0. The van der Waals surface area contributed by atoms with Gasteiger partial charge < -0.3 is 0 Å². The van der Waals surface area contributed by atoms with Crippen LogP contribution in [0.2, 0.25) is 0 Å². The molecule has 0 saturated heterocycles. The van der Waals surface area contributed by atoms with E-state index in [-0.39, 0.29) is 0 Å². The van der Waals surface area contributed by atoms with Gasteiger partial charge in [-0.25, -0.2) is 0 Å². The molecule has 0 atom stereocenters. The number of fused-ring (bicyclic) bond motifs is 1. The Labute approximate surface area is 89.7 Å². The van der Waals surface area contributed by atoms with E-state index in [2.05, 4.69) is 13.0 Å². The highest BCUT2D eigenvalue weighted by Crippen LogP contribution is 2.22. The Morgan fingerprint density at radius 1 is 1.07 bits per heavy atom. The number of aryl methyl sites for hydroxylation is 1. The summed E-state index contributed by atoms with van der Waals surface area (Å²) in [5.41, 5.74) is 1.97. The molecule has 2 rings (SSSR count). The molecule has 1 radical (unpaired) electrons. The predicted octanol–water partition coefficient (Wildman–Crippen LogP) is 3.25. The molecule has 0 aromatic heterocycles. The molecule has 0 amide bonds. The summed E-state index contributed by atoms with van der Waals surface area (Å²) < 4.78 is 0. The molecule has 1 nitrogen and oxygen atoms in total. The van der Waals surface area contributed by atoms with Gasteiger partial charge in [0.05, 0.1) is 0 Å². The van der Waals surface area contributed by atoms with Crippen LogP contribution in [-0.4, -0.2) is 6.29 Å². The van der Waals surface area contributed by atoms with Gasteiger partial charge in [-0.3, -0.25) is 4.79 Å². The van der Waals surface area contributed by atoms with Crippen LogP contribution >= 0.6 is 0 Å². The normalized spacial score (nSPS) is 10.5. The molecule has 0 saturated carbocycles. The van der Waals surface area contributed by atoms with E-state index in [4.69, 9.17) is 0 Å². The molecule has 1 heteroatoms. The Morgan fingerprint density at radius 2 is 1.80 bits per heavy atom. The van der Waals surface area contributed by atoms with Crippen molar-refractivity contribution >= 4 is 17.1 Å². The minimum atomic E-state index is 0.658. The van der Waals surface area contributed by atoms with E-state index in [9.17, 15) is 4.79 Å². The van der Waals surface area contributed by atoms with Crippen LogP contribution in [0, 0.1) is 0 Å². The van der Waals surface area contributed by atoms with Crippen molar-refractivity contribution < 1.29 is 4.79 Å². The second kappa shape index (κ2) is 4.26. The van der Waals surface area contributed by atoms with Crippen LogP contribution in [0.4, 0.5) is 0 Å². The molecule has 0 spiro atoms. The first-order valence-electron chi connectivity index (χ1n) is 5.25. The average Bonchev–Trinajstić information content (AvgIpc) is 2.30. The molecule has 75 valence electrons. The quantitative estimate of drug-likeness (QED) is 0.738. The minimum Gasteiger partial charge on any atom is -0.285 e. The fraction of sp³-hybridized carbons (Fsp3) is 0.214. The number of hydrogen-bond acceptors (Lipinski definition) is 1. The third kappa shape index (κ3) is 1.78.